The molecule has 0 unspecified atom stereocenters. The molecule has 1 N–H and O–H groups in total. The van der Waals surface area contributed by atoms with Crippen LogP contribution in [0.5, 0.6) is 11.6 Å². The lowest BCUT2D eigenvalue weighted by Crippen LogP contribution is -2.38. The van der Waals surface area contributed by atoms with Crippen LogP contribution in [0.1, 0.15) is 5.56 Å². The first kappa shape index (κ1) is 16.8. The summed E-state index contributed by atoms with van der Waals surface area (Å²) in [5.74, 6) is 0.242. The number of ether oxygens (including phenoxy) is 1. The molecule has 8 heteroatoms. The van der Waals surface area contributed by atoms with Gasteiger partial charge in [-0.2, -0.15) is 0 Å². The quantitative estimate of drug-likeness (QED) is 0.650. The SMILES string of the molecule is Cn1c(O)c(C=NCCOc2ccc(Cl)cc2)c(=O)n(C)c1=O. The van der Waals surface area contributed by atoms with Gasteiger partial charge in [-0.3, -0.25) is 18.9 Å². The van der Waals surface area contributed by atoms with Crippen molar-refractivity contribution in [1.29, 1.82) is 0 Å². The standard InChI is InChI=1S/C15H16ClN3O4/c1-18-13(20)12(14(21)19(2)15(18)22)9-17-7-8-23-11-5-3-10(16)4-6-11/h3-6,9,20H,7-8H2,1-2H3. The van der Waals surface area contributed by atoms with Crippen molar-refractivity contribution in [2.24, 2.45) is 19.1 Å². The van der Waals surface area contributed by atoms with Crippen molar-refractivity contribution < 1.29 is 9.84 Å². The van der Waals surface area contributed by atoms with E-state index in [1.165, 1.54) is 20.3 Å². The Morgan fingerprint density at radius 1 is 1.22 bits per heavy atom. The first-order chi connectivity index (χ1) is 10.9. The van der Waals surface area contributed by atoms with Crippen molar-refractivity contribution in [1.82, 2.24) is 9.13 Å². The lowest BCUT2D eigenvalue weighted by Gasteiger charge is -2.07. The van der Waals surface area contributed by atoms with E-state index in [1.54, 1.807) is 24.3 Å². The summed E-state index contributed by atoms with van der Waals surface area (Å²) >= 11 is 5.77. The van der Waals surface area contributed by atoms with Crippen LogP contribution in [0.25, 0.3) is 0 Å². The van der Waals surface area contributed by atoms with Crippen LogP contribution in [0.4, 0.5) is 0 Å². The Balaban J connectivity index is 2.03. The predicted octanol–water partition coefficient (Wildman–Crippen LogP) is 0.941. The second-order valence-corrected chi connectivity index (χ2v) is 5.22. The number of aromatic hydroxyl groups is 1. The van der Waals surface area contributed by atoms with E-state index in [2.05, 4.69) is 4.99 Å². The van der Waals surface area contributed by atoms with E-state index >= 15 is 0 Å². The van der Waals surface area contributed by atoms with Crippen LogP contribution >= 0.6 is 11.6 Å². The lowest BCUT2D eigenvalue weighted by atomic mass is 10.3. The third-order valence-corrected chi connectivity index (χ3v) is 3.44. The highest BCUT2D eigenvalue weighted by molar-refractivity contribution is 6.30. The number of benzene rings is 1. The molecule has 2 aromatic rings. The minimum absolute atomic E-state index is 0.0407. The summed E-state index contributed by atoms with van der Waals surface area (Å²) in [6.45, 7) is 0.582. The van der Waals surface area contributed by atoms with Crippen molar-refractivity contribution in [3.63, 3.8) is 0 Å². The van der Waals surface area contributed by atoms with Crippen LogP contribution in [0, 0.1) is 0 Å². The van der Waals surface area contributed by atoms with E-state index in [0.29, 0.717) is 17.4 Å². The van der Waals surface area contributed by atoms with E-state index in [9.17, 15) is 14.7 Å². The summed E-state index contributed by atoms with van der Waals surface area (Å²) in [5, 5.41) is 10.5. The lowest BCUT2D eigenvalue weighted by molar-refractivity contribution is 0.329. The molecule has 0 aliphatic heterocycles. The van der Waals surface area contributed by atoms with Gasteiger partial charge in [-0.15, -0.1) is 0 Å². The van der Waals surface area contributed by atoms with E-state index in [1.807, 2.05) is 0 Å². The molecule has 2 rings (SSSR count). The van der Waals surface area contributed by atoms with Crippen molar-refractivity contribution >= 4 is 17.8 Å². The van der Waals surface area contributed by atoms with Crippen LogP contribution in [0.2, 0.25) is 5.02 Å². The zero-order valence-electron chi connectivity index (χ0n) is 12.7. The molecule has 122 valence electrons. The molecule has 7 nitrogen and oxygen atoms in total. The molecule has 0 aliphatic carbocycles. The number of rotatable bonds is 5. The average molecular weight is 338 g/mol. The van der Waals surface area contributed by atoms with Gasteiger partial charge in [-0.25, -0.2) is 4.79 Å². The van der Waals surface area contributed by atoms with E-state index in [4.69, 9.17) is 16.3 Å². The predicted molar refractivity (Wildman–Crippen MR) is 88.0 cm³/mol. The van der Waals surface area contributed by atoms with Gasteiger partial charge in [-0.1, -0.05) is 11.6 Å². The molecule has 1 aromatic heterocycles. The zero-order valence-corrected chi connectivity index (χ0v) is 13.4. The number of hydrogen-bond acceptors (Lipinski definition) is 5. The molecule has 0 saturated heterocycles. The topological polar surface area (TPSA) is 85.8 Å². The maximum atomic E-state index is 11.9. The molecule has 1 aromatic carbocycles. The van der Waals surface area contributed by atoms with E-state index in [0.717, 1.165) is 9.13 Å². The van der Waals surface area contributed by atoms with Crippen LogP contribution in [-0.4, -0.2) is 33.6 Å². The molecule has 0 atom stereocenters. The summed E-state index contributed by atoms with van der Waals surface area (Å²) < 4.78 is 7.34. The van der Waals surface area contributed by atoms with Gasteiger partial charge in [0.25, 0.3) is 5.56 Å². The molecular formula is C15H16ClN3O4. The highest BCUT2D eigenvalue weighted by Gasteiger charge is 2.12. The Labute approximate surface area is 137 Å². The number of hydrogen-bond donors (Lipinski definition) is 1. The summed E-state index contributed by atoms with van der Waals surface area (Å²) in [5.41, 5.74) is -1.25. The van der Waals surface area contributed by atoms with Crippen LogP contribution in [-0.2, 0) is 14.1 Å². The summed E-state index contributed by atoms with van der Waals surface area (Å²) in [7, 11) is 2.71. The van der Waals surface area contributed by atoms with E-state index in [-0.39, 0.29) is 12.1 Å². The van der Waals surface area contributed by atoms with Gasteiger partial charge in [-0.05, 0) is 24.3 Å². The maximum absolute atomic E-state index is 11.9. The van der Waals surface area contributed by atoms with E-state index < -0.39 is 17.1 Å². The fourth-order valence-electron chi connectivity index (χ4n) is 1.88. The Morgan fingerprint density at radius 2 is 1.87 bits per heavy atom. The van der Waals surface area contributed by atoms with Gasteiger partial charge in [0.2, 0.25) is 5.88 Å². The van der Waals surface area contributed by atoms with Gasteiger partial charge >= 0.3 is 5.69 Å². The van der Waals surface area contributed by atoms with Crippen molar-refractivity contribution in [3.05, 3.63) is 55.7 Å². The molecule has 0 fully saturated rings. The van der Waals surface area contributed by atoms with Crippen LogP contribution in [0.3, 0.4) is 0 Å². The number of aromatic nitrogens is 2. The van der Waals surface area contributed by atoms with Gasteiger partial charge in [0.05, 0.1) is 6.54 Å². The van der Waals surface area contributed by atoms with Crippen molar-refractivity contribution in [3.8, 4) is 11.6 Å². The first-order valence-corrected chi connectivity index (χ1v) is 7.16. The molecule has 0 bridgehead atoms. The zero-order chi connectivity index (χ0) is 17.0. The first-order valence-electron chi connectivity index (χ1n) is 6.79. The molecular weight excluding hydrogens is 322 g/mol. The van der Waals surface area contributed by atoms with Gasteiger partial charge in [0.15, 0.2) is 0 Å². The highest BCUT2D eigenvalue weighted by Crippen LogP contribution is 2.15. The van der Waals surface area contributed by atoms with Gasteiger partial charge in [0.1, 0.15) is 17.9 Å². The van der Waals surface area contributed by atoms with Crippen molar-refractivity contribution in [2.75, 3.05) is 13.2 Å². The largest absolute Gasteiger partial charge is 0.494 e. The average Bonchev–Trinajstić information content (AvgIpc) is 2.55. The monoisotopic (exact) mass is 337 g/mol. The van der Waals surface area contributed by atoms with Gasteiger partial charge in [0, 0.05) is 25.3 Å². The number of halogens is 1. The molecule has 0 saturated carbocycles. The normalized spacial score (nSPS) is 11.1. The molecule has 1 heterocycles. The fraction of sp³-hybridized carbons (Fsp3) is 0.267. The third-order valence-electron chi connectivity index (χ3n) is 3.19. The van der Waals surface area contributed by atoms with Crippen molar-refractivity contribution in [2.45, 2.75) is 0 Å². The molecule has 23 heavy (non-hydrogen) atoms. The Kier molecular flexibility index (Phi) is 5.23. The number of nitrogens with zero attached hydrogens (tertiary/aromatic N) is 3. The minimum atomic E-state index is -0.604. The minimum Gasteiger partial charge on any atom is -0.494 e. The summed E-state index contributed by atoms with van der Waals surface area (Å²) in [6, 6.07) is 6.90. The molecule has 0 spiro atoms. The smallest absolute Gasteiger partial charge is 0.333 e. The Hall–Kier alpha value is -2.54. The molecule has 0 amide bonds. The highest BCUT2D eigenvalue weighted by atomic mass is 35.5. The molecule has 0 aliphatic rings. The Bertz CT molecular complexity index is 838. The second kappa shape index (κ2) is 7.15. The maximum Gasteiger partial charge on any atom is 0.333 e. The van der Waals surface area contributed by atoms with Crippen LogP contribution < -0.4 is 16.0 Å². The number of aliphatic imine (C=N–C) groups is 1. The van der Waals surface area contributed by atoms with Crippen LogP contribution in [0.15, 0.2) is 38.8 Å². The Morgan fingerprint density at radius 3 is 2.52 bits per heavy atom. The third kappa shape index (κ3) is 3.81. The summed E-state index contributed by atoms with van der Waals surface area (Å²) in [6.07, 6.45) is 1.24. The fourth-order valence-corrected chi connectivity index (χ4v) is 2.00. The van der Waals surface area contributed by atoms with Gasteiger partial charge < -0.3 is 9.84 Å². The molecule has 0 radical (unpaired) electrons. The second-order valence-electron chi connectivity index (χ2n) is 4.78. The summed E-state index contributed by atoms with van der Waals surface area (Å²) in [4.78, 5) is 27.6.